The monoisotopic (exact) mass is 460 g/mol. The number of H-pyrrole nitrogens is 1. The van der Waals surface area contributed by atoms with Crippen molar-refractivity contribution in [3.8, 4) is 11.4 Å². The Bertz CT molecular complexity index is 1040. The zero-order valence-corrected chi connectivity index (χ0v) is 17.7. The van der Waals surface area contributed by atoms with Crippen LogP contribution in [0.5, 0.6) is 0 Å². The number of halogens is 5. The van der Waals surface area contributed by atoms with Gasteiger partial charge < -0.3 is 20.4 Å². The van der Waals surface area contributed by atoms with E-state index in [2.05, 4.69) is 25.3 Å². The lowest BCUT2D eigenvalue weighted by atomic mass is 10.0. The summed E-state index contributed by atoms with van der Waals surface area (Å²) in [5.41, 5.74) is 0.368. The summed E-state index contributed by atoms with van der Waals surface area (Å²) in [6.07, 6.45) is 1.45. The van der Waals surface area contributed by atoms with Crippen LogP contribution in [0.2, 0.25) is 5.02 Å². The second kappa shape index (κ2) is 10.0. The first-order chi connectivity index (χ1) is 14.5. The molecule has 7 nitrogen and oxygen atoms in total. The van der Waals surface area contributed by atoms with Gasteiger partial charge in [-0.1, -0.05) is 18.5 Å². The SMILES string of the molecule is CCC(C)(C=O)Nc1nc(-c2c[nH]c3ncc(Cl)cc23)ncc1F.CNCC(F)(F)F. The van der Waals surface area contributed by atoms with Gasteiger partial charge in [-0.15, -0.1) is 0 Å². The van der Waals surface area contributed by atoms with Crippen molar-refractivity contribution < 1.29 is 22.4 Å². The van der Waals surface area contributed by atoms with Gasteiger partial charge in [0, 0.05) is 23.3 Å². The summed E-state index contributed by atoms with van der Waals surface area (Å²) in [7, 11) is 1.26. The molecule has 0 spiro atoms. The van der Waals surface area contributed by atoms with Gasteiger partial charge in [0.15, 0.2) is 17.5 Å². The number of nitrogens with zero attached hydrogens (tertiary/aromatic N) is 3. The highest BCUT2D eigenvalue weighted by molar-refractivity contribution is 6.31. The van der Waals surface area contributed by atoms with Crippen molar-refractivity contribution in [1.29, 1.82) is 0 Å². The van der Waals surface area contributed by atoms with Gasteiger partial charge >= 0.3 is 6.18 Å². The first kappa shape index (κ1) is 24.5. The van der Waals surface area contributed by atoms with Crippen LogP contribution in [0.4, 0.5) is 23.4 Å². The quantitative estimate of drug-likeness (QED) is 0.373. The van der Waals surface area contributed by atoms with Gasteiger partial charge in [0.2, 0.25) is 0 Å². The molecule has 0 aliphatic rings. The van der Waals surface area contributed by atoms with Crippen LogP contribution < -0.4 is 10.6 Å². The van der Waals surface area contributed by atoms with Gasteiger partial charge in [-0.25, -0.2) is 19.3 Å². The molecule has 0 fully saturated rings. The summed E-state index contributed by atoms with van der Waals surface area (Å²) < 4.78 is 47.0. The number of rotatable bonds is 6. The maximum absolute atomic E-state index is 14.0. The van der Waals surface area contributed by atoms with Crippen molar-refractivity contribution >= 4 is 34.7 Å². The zero-order valence-electron chi connectivity index (χ0n) is 16.9. The molecule has 1 atom stereocenters. The van der Waals surface area contributed by atoms with Gasteiger partial charge in [-0.3, -0.25) is 0 Å². The summed E-state index contributed by atoms with van der Waals surface area (Å²) >= 11 is 5.99. The molecule has 168 valence electrons. The third-order valence-electron chi connectivity index (χ3n) is 4.26. The zero-order chi connectivity index (χ0) is 23.2. The predicted octanol–water partition coefficient (Wildman–Crippen LogP) is 4.36. The molecular formula is C19H21ClF4N6O. The number of carbonyl (C=O) groups excluding carboxylic acids is 1. The van der Waals surface area contributed by atoms with Gasteiger partial charge in [0.1, 0.15) is 11.9 Å². The predicted molar refractivity (Wildman–Crippen MR) is 110 cm³/mol. The Labute approximate surface area is 180 Å². The van der Waals surface area contributed by atoms with E-state index in [9.17, 15) is 22.4 Å². The van der Waals surface area contributed by atoms with E-state index in [1.165, 1.54) is 13.2 Å². The number of anilines is 1. The molecule has 3 aromatic heterocycles. The summed E-state index contributed by atoms with van der Waals surface area (Å²) in [5.74, 6) is -0.351. The average Bonchev–Trinajstić information content (AvgIpc) is 3.12. The molecule has 31 heavy (non-hydrogen) atoms. The molecule has 0 aliphatic carbocycles. The number of aromatic nitrogens is 4. The molecule has 3 heterocycles. The van der Waals surface area contributed by atoms with Crippen LogP contribution >= 0.6 is 11.6 Å². The molecule has 0 saturated carbocycles. The fourth-order valence-corrected chi connectivity index (χ4v) is 2.58. The Balaban J connectivity index is 0.000000423. The lowest BCUT2D eigenvalue weighted by Crippen LogP contribution is -2.36. The van der Waals surface area contributed by atoms with E-state index in [1.807, 2.05) is 12.2 Å². The van der Waals surface area contributed by atoms with Crippen LogP contribution in [0.1, 0.15) is 20.3 Å². The topological polar surface area (TPSA) is 95.6 Å². The second-order valence-electron chi connectivity index (χ2n) is 6.80. The van der Waals surface area contributed by atoms with Gasteiger partial charge in [0.25, 0.3) is 0 Å². The number of hydrogen-bond acceptors (Lipinski definition) is 6. The van der Waals surface area contributed by atoms with Crippen molar-refractivity contribution in [2.24, 2.45) is 0 Å². The first-order valence-corrected chi connectivity index (χ1v) is 9.51. The van der Waals surface area contributed by atoms with Gasteiger partial charge in [0.05, 0.1) is 23.3 Å². The minimum atomic E-state index is -4.06. The Kier molecular flexibility index (Phi) is 7.91. The Morgan fingerprint density at radius 1 is 1.26 bits per heavy atom. The standard InChI is InChI=1S/C16H15ClFN5O.C3H6F3N/c1-3-16(2,8-24)23-15-12(18)7-21-14(22-15)11-6-20-13-10(11)4-9(17)5-19-13;1-7-2-3(4,5)6/h4-8H,3H2,1-2H3,(H,19,20)(H,21,22,23);7H,2H2,1H3. The maximum Gasteiger partial charge on any atom is 0.401 e. The van der Waals surface area contributed by atoms with E-state index >= 15 is 0 Å². The van der Waals surface area contributed by atoms with Crippen molar-refractivity contribution in [3.63, 3.8) is 0 Å². The van der Waals surface area contributed by atoms with E-state index in [1.54, 1.807) is 19.2 Å². The highest BCUT2D eigenvalue weighted by atomic mass is 35.5. The third-order valence-corrected chi connectivity index (χ3v) is 4.47. The molecular weight excluding hydrogens is 440 g/mol. The largest absolute Gasteiger partial charge is 0.401 e. The number of alkyl halides is 3. The molecule has 3 aromatic rings. The number of hydrogen-bond donors (Lipinski definition) is 3. The van der Waals surface area contributed by atoms with Crippen molar-refractivity contribution in [2.75, 3.05) is 18.9 Å². The molecule has 0 amide bonds. The molecule has 12 heteroatoms. The highest BCUT2D eigenvalue weighted by Crippen LogP contribution is 2.28. The lowest BCUT2D eigenvalue weighted by molar-refractivity contribution is -0.123. The molecule has 0 aliphatic heterocycles. The number of carbonyl (C=O) groups is 1. The number of aldehydes is 1. The lowest BCUT2D eigenvalue weighted by Gasteiger charge is -2.23. The minimum Gasteiger partial charge on any atom is -0.356 e. The van der Waals surface area contributed by atoms with Crippen LogP contribution in [-0.2, 0) is 4.79 Å². The van der Waals surface area contributed by atoms with Crippen molar-refractivity contribution in [3.05, 3.63) is 35.5 Å². The fourth-order valence-electron chi connectivity index (χ4n) is 2.42. The summed E-state index contributed by atoms with van der Waals surface area (Å²) in [6.45, 7) is 2.60. The van der Waals surface area contributed by atoms with E-state index in [0.717, 1.165) is 17.9 Å². The molecule has 3 rings (SSSR count). The van der Waals surface area contributed by atoms with Crippen LogP contribution in [0.15, 0.2) is 24.7 Å². The number of pyridine rings is 1. The summed E-state index contributed by atoms with van der Waals surface area (Å²) in [5, 5.41) is 6.03. The maximum atomic E-state index is 14.0. The highest BCUT2D eigenvalue weighted by Gasteiger charge is 2.25. The number of aromatic amines is 1. The third kappa shape index (κ3) is 6.59. The summed E-state index contributed by atoms with van der Waals surface area (Å²) in [4.78, 5) is 26.7. The van der Waals surface area contributed by atoms with E-state index < -0.39 is 24.1 Å². The Hall–Kier alpha value is -2.79. The van der Waals surface area contributed by atoms with Crippen LogP contribution in [0.25, 0.3) is 22.4 Å². The normalized spacial score (nSPS) is 13.3. The first-order valence-electron chi connectivity index (χ1n) is 9.13. The van der Waals surface area contributed by atoms with Crippen LogP contribution in [0, 0.1) is 5.82 Å². The summed E-state index contributed by atoms with van der Waals surface area (Å²) in [6, 6.07) is 1.73. The Morgan fingerprint density at radius 2 is 1.97 bits per heavy atom. The smallest absolute Gasteiger partial charge is 0.356 e. The van der Waals surface area contributed by atoms with Crippen molar-refractivity contribution in [2.45, 2.75) is 32.0 Å². The van der Waals surface area contributed by atoms with E-state index in [0.29, 0.717) is 28.5 Å². The van der Waals surface area contributed by atoms with Crippen LogP contribution in [0.3, 0.4) is 0 Å². The average molecular weight is 461 g/mol. The molecule has 0 bridgehead atoms. The number of fused-ring (bicyclic) bond motifs is 1. The van der Waals surface area contributed by atoms with Gasteiger partial charge in [-0.2, -0.15) is 13.2 Å². The Morgan fingerprint density at radius 3 is 2.52 bits per heavy atom. The molecule has 3 N–H and O–H groups in total. The van der Waals surface area contributed by atoms with E-state index in [4.69, 9.17) is 11.6 Å². The molecule has 0 aromatic carbocycles. The van der Waals surface area contributed by atoms with Crippen molar-refractivity contribution in [1.82, 2.24) is 25.3 Å². The fraction of sp³-hybridized carbons (Fsp3) is 0.368. The van der Waals surface area contributed by atoms with Crippen LogP contribution in [-0.4, -0.2) is 51.5 Å². The van der Waals surface area contributed by atoms with Gasteiger partial charge in [-0.05, 0) is 26.5 Å². The molecule has 0 radical (unpaired) electrons. The van der Waals surface area contributed by atoms with E-state index in [-0.39, 0.29) is 5.82 Å². The minimum absolute atomic E-state index is 0.0270. The number of nitrogens with one attached hydrogen (secondary N) is 3. The molecule has 1 unspecified atom stereocenters. The molecule has 0 saturated heterocycles. The second-order valence-corrected chi connectivity index (χ2v) is 7.24.